The van der Waals surface area contributed by atoms with Gasteiger partial charge in [-0.3, -0.25) is 9.36 Å². The minimum atomic E-state index is -0.469. The molecule has 1 aliphatic rings. The first-order chi connectivity index (χ1) is 20.5. The Balaban J connectivity index is 1.38. The van der Waals surface area contributed by atoms with Gasteiger partial charge >= 0.3 is 0 Å². The highest BCUT2D eigenvalue weighted by molar-refractivity contribution is 6.30. The maximum absolute atomic E-state index is 13.6. The predicted octanol–water partition coefficient (Wildman–Crippen LogP) is 6.85. The lowest BCUT2D eigenvalue weighted by Gasteiger charge is -2.27. The zero-order valence-electron chi connectivity index (χ0n) is 23.7. The summed E-state index contributed by atoms with van der Waals surface area (Å²) in [4.78, 5) is 30.8. The van der Waals surface area contributed by atoms with Crippen molar-refractivity contribution in [2.75, 3.05) is 10.6 Å². The molecule has 1 atom stereocenters. The van der Waals surface area contributed by atoms with E-state index in [9.17, 15) is 4.79 Å². The Labute approximate surface area is 251 Å². The average Bonchev–Trinajstić information content (AvgIpc) is 3.45. The summed E-state index contributed by atoms with van der Waals surface area (Å²) >= 11 is 6.18. The van der Waals surface area contributed by atoms with Crippen LogP contribution in [0.3, 0.4) is 0 Å². The average molecular weight is 583 g/mol. The van der Waals surface area contributed by atoms with E-state index in [0.717, 1.165) is 36.1 Å². The van der Waals surface area contributed by atoms with Gasteiger partial charge in [-0.2, -0.15) is 9.97 Å². The van der Waals surface area contributed by atoms with Crippen molar-refractivity contribution in [2.24, 2.45) is 5.92 Å². The lowest BCUT2D eigenvalue weighted by Crippen LogP contribution is -2.41. The number of carbonyl (C=O) groups excluding carboxylic acids is 1. The number of benzene rings is 2. The number of hydrogen-bond acceptors (Lipinski definition) is 6. The molecule has 3 N–H and O–H groups in total. The van der Waals surface area contributed by atoms with Crippen LogP contribution >= 0.6 is 11.6 Å². The number of carbonyl (C=O) groups is 1. The molecule has 1 aliphatic carbocycles. The lowest BCUT2D eigenvalue weighted by molar-refractivity contribution is -0.122. The number of aryl methyl sites for hydroxylation is 1. The molecule has 0 aliphatic heterocycles. The Bertz CT molecular complexity index is 1540. The molecule has 1 saturated carbocycles. The fourth-order valence-corrected chi connectivity index (χ4v) is 5.52. The van der Waals surface area contributed by atoms with Gasteiger partial charge in [-0.05, 0) is 42.5 Å². The largest absolute Gasteiger partial charge is 0.358 e. The number of nitrogens with one attached hydrogen (secondary N) is 3. The Morgan fingerprint density at radius 2 is 1.88 bits per heavy atom. The first-order valence-electron chi connectivity index (χ1n) is 14.3. The van der Waals surface area contributed by atoms with Gasteiger partial charge in [0, 0.05) is 36.1 Å². The topological polar surface area (TPSA) is 101 Å². The van der Waals surface area contributed by atoms with Crippen LogP contribution in [-0.4, -0.2) is 31.5 Å². The number of hydrogen-bond donors (Lipinski definition) is 3. The number of imidazole rings is 1. The Hall–Kier alpha value is -4.42. The summed E-state index contributed by atoms with van der Waals surface area (Å²) in [5.41, 5.74) is 3.46. The van der Waals surface area contributed by atoms with E-state index in [1.165, 1.54) is 19.3 Å². The zero-order chi connectivity index (χ0) is 29.3. The summed E-state index contributed by atoms with van der Waals surface area (Å²) in [6, 6.07) is 16.3. The molecule has 1 amide bonds. The lowest BCUT2D eigenvalue weighted by atomic mass is 9.84. The molecule has 42 heavy (non-hydrogen) atoms. The van der Waals surface area contributed by atoms with Gasteiger partial charge in [-0.25, -0.2) is 9.83 Å². The molecule has 0 spiro atoms. The fourth-order valence-electron chi connectivity index (χ4n) is 5.31. The van der Waals surface area contributed by atoms with Gasteiger partial charge in [0.15, 0.2) is 5.69 Å². The van der Waals surface area contributed by atoms with Crippen LogP contribution in [-0.2, 0) is 17.9 Å². The third-order valence-electron chi connectivity index (χ3n) is 7.59. The fraction of sp³-hybridized carbons (Fsp3) is 0.344. The molecule has 5 rings (SSSR count). The number of anilines is 2. The third-order valence-corrected chi connectivity index (χ3v) is 7.82. The van der Waals surface area contributed by atoms with Gasteiger partial charge in [-0.1, -0.05) is 80.1 Å². The van der Waals surface area contributed by atoms with Gasteiger partial charge in [0.1, 0.15) is 24.0 Å². The van der Waals surface area contributed by atoms with Gasteiger partial charge in [-0.15, -0.1) is 0 Å². The number of amides is 1. The summed E-state index contributed by atoms with van der Waals surface area (Å²) in [6.07, 6.45) is 10.1. The minimum Gasteiger partial charge on any atom is -0.358 e. The van der Waals surface area contributed by atoms with Gasteiger partial charge in [0.2, 0.25) is 11.9 Å². The molecule has 0 saturated heterocycles. The second-order valence-corrected chi connectivity index (χ2v) is 11.2. The summed E-state index contributed by atoms with van der Waals surface area (Å²) in [6.45, 7) is 10.00. The number of halogens is 1. The van der Waals surface area contributed by atoms with Crippen LogP contribution in [0.15, 0.2) is 67.1 Å². The second kappa shape index (κ2) is 14.0. The molecule has 4 aromatic rings. The third kappa shape index (κ3) is 7.86. The molecule has 2 heterocycles. The molecule has 2 aromatic carbocycles. The van der Waals surface area contributed by atoms with Crippen molar-refractivity contribution in [2.45, 2.75) is 64.6 Å². The summed E-state index contributed by atoms with van der Waals surface area (Å²) in [5.74, 6) is 2.02. The standard InChI is InChI=1S/C32H35ClN8O/c1-22-18-35-21-41(22)30-17-29(39-32(40-30)37-20-25-9-6-10-26(33)15-25)38-28(16-23-7-4-3-5-8-23)31(42)36-19-24-11-13-27(34-2)14-12-24/h6,9-15,17-18,21,23,28H,3-5,7-8,16,19-20H2,1H3,(H,36,42)(H2,37,38,39,40)/t28-/m1/s1. The first kappa shape index (κ1) is 29.1. The van der Waals surface area contributed by atoms with Gasteiger partial charge < -0.3 is 16.0 Å². The smallest absolute Gasteiger partial charge is 0.242 e. The molecular formula is C32H35ClN8O. The first-order valence-corrected chi connectivity index (χ1v) is 14.7. The van der Waals surface area contributed by atoms with Crippen LogP contribution in [0.5, 0.6) is 0 Å². The van der Waals surface area contributed by atoms with Crippen molar-refractivity contribution in [1.29, 1.82) is 0 Å². The van der Waals surface area contributed by atoms with Gasteiger partial charge in [0.25, 0.3) is 0 Å². The van der Waals surface area contributed by atoms with E-state index in [-0.39, 0.29) is 5.91 Å². The highest BCUT2D eigenvalue weighted by Gasteiger charge is 2.25. The maximum atomic E-state index is 13.6. The number of aromatic nitrogens is 4. The van der Waals surface area contributed by atoms with Crippen molar-refractivity contribution in [3.05, 3.63) is 100 Å². The minimum absolute atomic E-state index is 0.0813. The molecule has 9 nitrogen and oxygen atoms in total. The molecule has 0 radical (unpaired) electrons. The highest BCUT2D eigenvalue weighted by atomic mass is 35.5. The molecule has 10 heteroatoms. The van der Waals surface area contributed by atoms with Crippen LogP contribution in [0.4, 0.5) is 17.5 Å². The molecule has 0 bridgehead atoms. The zero-order valence-corrected chi connectivity index (χ0v) is 24.4. The summed E-state index contributed by atoms with van der Waals surface area (Å²) in [7, 11) is 0. The molecule has 2 aromatic heterocycles. The molecule has 216 valence electrons. The van der Waals surface area contributed by atoms with Crippen molar-refractivity contribution < 1.29 is 4.79 Å². The maximum Gasteiger partial charge on any atom is 0.242 e. The van der Waals surface area contributed by atoms with E-state index in [0.29, 0.717) is 47.3 Å². The van der Waals surface area contributed by atoms with E-state index in [1.54, 1.807) is 24.7 Å². The molecule has 0 unspecified atom stereocenters. The number of nitrogens with zero attached hydrogens (tertiary/aromatic N) is 5. The second-order valence-electron chi connectivity index (χ2n) is 10.8. The van der Waals surface area contributed by atoms with Crippen LogP contribution in [0.25, 0.3) is 10.7 Å². The highest BCUT2D eigenvalue weighted by Crippen LogP contribution is 2.29. The van der Waals surface area contributed by atoms with E-state index < -0.39 is 6.04 Å². The van der Waals surface area contributed by atoms with Crippen LogP contribution in [0, 0.1) is 19.4 Å². The van der Waals surface area contributed by atoms with E-state index >= 15 is 0 Å². The Morgan fingerprint density at radius 1 is 1.07 bits per heavy atom. The predicted molar refractivity (Wildman–Crippen MR) is 166 cm³/mol. The Kier molecular flexibility index (Phi) is 9.67. The van der Waals surface area contributed by atoms with Crippen molar-refractivity contribution >= 4 is 35.0 Å². The number of rotatable bonds is 11. The van der Waals surface area contributed by atoms with E-state index in [4.69, 9.17) is 28.1 Å². The summed E-state index contributed by atoms with van der Waals surface area (Å²) < 4.78 is 1.89. The van der Waals surface area contributed by atoms with Gasteiger partial charge in [0.05, 0.1) is 6.57 Å². The normalized spacial score (nSPS) is 14.1. The SMILES string of the molecule is [C-]#[N+]c1ccc(CNC(=O)[C@@H](CC2CCCCC2)Nc2cc(-n3cncc3C)nc(NCc3cccc(Cl)c3)n2)cc1. The van der Waals surface area contributed by atoms with Crippen molar-refractivity contribution in [1.82, 2.24) is 24.8 Å². The molecule has 1 fully saturated rings. The van der Waals surface area contributed by atoms with Crippen LogP contribution < -0.4 is 16.0 Å². The van der Waals surface area contributed by atoms with Crippen molar-refractivity contribution in [3.63, 3.8) is 0 Å². The van der Waals surface area contributed by atoms with E-state index in [1.807, 2.05) is 54.0 Å². The van der Waals surface area contributed by atoms with E-state index in [2.05, 4.69) is 25.8 Å². The molecular weight excluding hydrogens is 548 g/mol. The van der Waals surface area contributed by atoms with Crippen LogP contribution in [0.1, 0.15) is 55.3 Å². The van der Waals surface area contributed by atoms with Crippen molar-refractivity contribution in [3.8, 4) is 5.82 Å². The quantitative estimate of drug-likeness (QED) is 0.167. The summed E-state index contributed by atoms with van der Waals surface area (Å²) in [5, 5.41) is 10.5. The van der Waals surface area contributed by atoms with Crippen LogP contribution in [0.2, 0.25) is 5.02 Å². The monoisotopic (exact) mass is 582 g/mol. The Morgan fingerprint density at radius 3 is 2.60 bits per heavy atom.